The second-order valence-corrected chi connectivity index (χ2v) is 4.97. The predicted molar refractivity (Wildman–Crippen MR) is 69.8 cm³/mol. The van der Waals surface area contributed by atoms with Crippen LogP contribution in [-0.2, 0) is 9.53 Å². The van der Waals surface area contributed by atoms with Crippen LogP contribution >= 0.6 is 15.9 Å². The summed E-state index contributed by atoms with van der Waals surface area (Å²) in [6.45, 7) is 0.296. The molecule has 102 valence electrons. The lowest BCUT2D eigenvalue weighted by Crippen LogP contribution is -2.33. The minimum absolute atomic E-state index is 0.250. The molecule has 1 aromatic heterocycles. The Morgan fingerprint density at radius 3 is 2.95 bits per heavy atom. The second-order valence-electron chi connectivity index (χ2n) is 4.21. The molecule has 1 aromatic rings. The zero-order valence-corrected chi connectivity index (χ0v) is 11.6. The lowest BCUT2D eigenvalue weighted by molar-refractivity contribution is -0.149. The van der Waals surface area contributed by atoms with E-state index in [-0.39, 0.29) is 12.0 Å². The van der Waals surface area contributed by atoms with E-state index < -0.39 is 12.1 Å². The number of nitrogens with zero attached hydrogens (tertiary/aromatic N) is 1. The molecule has 0 spiro atoms. The SMILES string of the molecule is O=C(NCC1CCC(C(=O)O)O1)c1cccnc1Br. The van der Waals surface area contributed by atoms with Crippen molar-refractivity contribution in [3.8, 4) is 0 Å². The van der Waals surface area contributed by atoms with E-state index in [9.17, 15) is 9.59 Å². The topological polar surface area (TPSA) is 88.5 Å². The first-order valence-corrected chi connectivity index (χ1v) is 6.64. The van der Waals surface area contributed by atoms with Crippen LogP contribution in [0.15, 0.2) is 22.9 Å². The van der Waals surface area contributed by atoms with Crippen molar-refractivity contribution in [2.24, 2.45) is 0 Å². The average molecular weight is 329 g/mol. The standard InChI is InChI=1S/C12H13BrN2O4/c13-10-8(2-1-5-14-10)11(16)15-6-7-3-4-9(19-7)12(17)18/h1-2,5,7,9H,3-4,6H2,(H,15,16)(H,17,18). The van der Waals surface area contributed by atoms with Crippen molar-refractivity contribution >= 4 is 27.8 Å². The summed E-state index contributed by atoms with van der Waals surface area (Å²) < 4.78 is 5.77. The summed E-state index contributed by atoms with van der Waals surface area (Å²) in [5.41, 5.74) is 0.440. The van der Waals surface area contributed by atoms with E-state index in [2.05, 4.69) is 26.2 Å². The number of aromatic nitrogens is 1. The van der Waals surface area contributed by atoms with E-state index in [0.29, 0.717) is 29.6 Å². The monoisotopic (exact) mass is 328 g/mol. The molecule has 2 N–H and O–H groups in total. The third-order valence-corrected chi connectivity index (χ3v) is 3.51. The molecule has 2 atom stereocenters. The minimum Gasteiger partial charge on any atom is -0.479 e. The van der Waals surface area contributed by atoms with Gasteiger partial charge in [0, 0.05) is 12.7 Å². The molecule has 1 aliphatic rings. The van der Waals surface area contributed by atoms with Crippen LogP contribution < -0.4 is 5.32 Å². The molecule has 0 aromatic carbocycles. The fourth-order valence-corrected chi connectivity index (χ4v) is 2.33. The first-order valence-electron chi connectivity index (χ1n) is 5.85. The Morgan fingerprint density at radius 2 is 2.32 bits per heavy atom. The van der Waals surface area contributed by atoms with Crippen molar-refractivity contribution in [1.29, 1.82) is 0 Å². The number of carboxylic acid groups (broad SMARTS) is 1. The molecule has 2 rings (SSSR count). The van der Waals surface area contributed by atoms with Crippen LogP contribution in [0.1, 0.15) is 23.2 Å². The Kier molecular flexibility index (Phi) is 4.49. The maximum atomic E-state index is 11.9. The molecule has 1 aliphatic heterocycles. The largest absolute Gasteiger partial charge is 0.479 e. The van der Waals surface area contributed by atoms with Gasteiger partial charge in [-0.1, -0.05) is 0 Å². The van der Waals surface area contributed by atoms with Crippen molar-refractivity contribution in [2.75, 3.05) is 6.54 Å². The maximum Gasteiger partial charge on any atom is 0.332 e. The number of hydrogen-bond acceptors (Lipinski definition) is 4. The highest BCUT2D eigenvalue weighted by Gasteiger charge is 2.30. The van der Waals surface area contributed by atoms with E-state index in [1.165, 1.54) is 0 Å². The highest BCUT2D eigenvalue weighted by atomic mass is 79.9. The fraction of sp³-hybridized carbons (Fsp3) is 0.417. The molecule has 0 aliphatic carbocycles. The van der Waals surface area contributed by atoms with Crippen LogP contribution in [0.4, 0.5) is 0 Å². The molecule has 6 nitrogen and oxygen atoms in total. The van der Waals surface area contributed by atoms with Gasteiger partial charge in [0.2, 0.25) is 0 Å². The van der Waals surface area contributed by atoms with Gasteiger partial charge in [-0.15, -0.1) is 0 Å². The lowest BCUT2D eigenvalue weighted by Gasteiger charge is -2.12. The molecule has 1 fully saturated rings. The average Bonchev–Trinajstić information content (AvgIpc) is 2.85. The molecule has 7 heteroatoms. The molecular formula is C12H13BrN2O4. The number of aliphatic carboxylic acids is 1. The van der Waals surface area contributed by atoms with Crippen LogP contribution in [0.25, 0.3) is 0 Å². The Hall–Kier alpha value is -1.47. The molecule has 0 saturated carbocycles. The second kappa shape index (κ2) is 6.12. The molecule has 0 bridgehead atoms. The predicted octanol–water partition coefficient (Wildman–Crippen LogP) is 1.21. The van der Waals surface area contributed by atoms with Crippen molar-refractivity contribution in [3.63, 3.8) is 0 Å². The van der Waals surface area contributed by atoms with Crippen molar-refractivity contribution < 1.29 is 19.4 Å². The number of halogens is 1. The van der Waals surface area contributed by atoms with Crippen LogP contribution in [-0.4, -0.2) is 40.7 Å². The van der Waals surface area contributed by atoms with Crippen LogP contribution in [0.3, 0.4) is 0 Å². The van der Waals surface area contributed by atoms with Gasteiger partial charge in [0.05, 0.1) is 11.7 Å². The Balaban J connectivity index is 1.85. The molecule has 2 unspecified atom stereocenters. The van der Waals surface area contributed by atoms with Gasteiger partial charge in [-0.05, 0) is 40.9 Å². The summed E-state index contributed by atoms with van der Waals surface area (Å²) in [5.74, 6) is -1.22. The van der Waals surface area contributed by atoms with Gasteiger partial charge in [0.25, 0.3) is 5.91 Å². The highest BCUT2D eigenvalue weighted by Crippen LogP contribution is 2.19. The first-order chi connectivity index (χ1) is 9.08. The summed E-state index contributed by atoms with van der Waals surface area (Å²) in [5, 5.41) is 11.5. The summed E-state index contributed by atoms with van der Waals surface area (Å²) >= 11 is 3.20. The van der Waals surface area contributed by atoms with E-state index in [0.717, 1.165) is 0 Å². The van der Waals surface area contributed by atoms with Gasteiger partial charge in [-0.2, -0.15) is 0 Å². The van der Waals surface area contributed by atoms with Gasteiger partial charge < -0.3 is 15.2 Å². The number of carboxylic acids is 1. The highest BCUT2D eigenvalue weighted by molar-refractivity contribution is 9.10. The van der Waals surface area contributed by atoms with Crippen LogP contribution in [0.2, 0.25) is 0 Å². The van der Waals surface area contributed by atoms with Crippen LogP contribution in [0, 0.1) is 0 Å². The third kappa shape index (κ3) is 3.51. The van der Waals surface area contributed by atoms with Crippen LogP contribution in [0.5, 0.6) is 0 Å². The Morgan fingerprint density at radius 1 is 1.53 bits per heavy atom. The smallest absolute Gasteiger partial charge is 0.332 e. The Labute approximate surface area is 118 Å². The minimum atomic E-state index is -0.955. The molecule has 1 saturated heterocycles. The molecule has 1 amide bonds. The number of ether oxygens (including phenoxy) is 1. The number of rotatable bonds is 4. The zero-order valence-electron chi connectivity index (χ0n) is 10.0. The van der Waals surface area contributed by atoms with Gasteiger partial charge in [-0.25, -0.2) is 9.78 Å². The summed E-state index contributed by atoms with van der Waals surface area (Å²) in [6.07, 6.45) is 1.68. The molecule has 0 radical (unpaired) electrons. The number of amides is 1. The number of pyridine rings is 1. The van der Waals surface area contributed by atoms with E-state index in [1.807, 2.05) is 0 Å². The summed E-state index contributed by atoms with van der Waals surface area (Å²) in [7, 11) is 0. The maximum absolute atomic E-state index is 11.9. The van der Waals surface area contributed by atoms with Gasteiger partial charge in [0.1, 0.15) is 4.60 Å². The summed E-state index contributed by atoms with van der Waals surface area (Å²) in [6, 6.07) is 3.33. The normalized spacial score (nSPS) is 22.2. The van der Waals surface area contributed by atoms with Gasteiger partial charge in [-0.3, -0.25) is 4.79 Å². The van der Waals surface area contributed by atoms with E-state index in [1.54, 1.807) is 18.3 Å². The molecule has 19 heavy (non-hydrogen) atoms. The summed E-state index contributed by atoms with van der Waals surface area (Å²) in [4.78, 5) is 26.6. The van der Waals surface area contributed by atoms with Crippen molar-refractivity contribution in [1.82, 2.24) is 10.3 Å². The molecule has 2 heterocycles. The number of carbonyl (C=O) groups excluding carboxylic acids is 1. The Bertz CT molecular complexity index is 494. The van der Waals surface area contributed by atoms with Gasteiger partial charge >= 0.3 is 5.97 Å². The third-order valence-electron chi connectivity index (χ3n) is 2.88. The fourth-order valence-electron chi connectivity index (χ4n) is 1.89. The zero-order chi connectivity index (χ0) is 13.8. The van der Waals surface area contributed by atoms with Gasteiger partial charge in [0.15, 0.2) is 6.10 Å². The number of carbonyl (C=O) groups is 2. The van der Waals surface area contributed by atoms with E-state index in [4.69, 9.17) is 9.84 Å². The quantitative estimate of drug-likeness (QED) is 0.811. The van der Waals surface area contributed by atoms with Crippen molar-refractivity contribution in [3.05, 3.63) is 28.5 Å². The molecular weight excluding hydrogens is 316 g/mol. The first kappa shape index (κ1) is 14.0. The number of nitrogens with one attached hydrogen (secondary N) is 1. The van der Waals surface area contributed by atoms with E-state index >= 15 is 0 Å². The van der Waals surface area contributed by atoms with Crippen molar-refractivity contribution in [2.45, 2.75) is 25.0 Å². The number of hydrogen-bond donors (Lipinski definition) is 2. The lowest BCUT2D eigenvalue weighted by atomic mass is 10.2.